The first-order valence-corrected chi connectivity index (χ1v) is 5.85. The van der Waals surface area contributed by atoms with E-state index in [9.17, 15) is 4.79 Å². The monoisotopic (exact) mass is 262 g/mol. The zero-order valence-corrected chi connectivity index (χ0v) is 11.3. The SMILES string of the molecule is CC(=N/NC(=O)CNc1ccc(C)cc1)/C(C)=N/O. The van der Waals surface area contributed by atoms with Gasteiger partial charge in [-0.2, -0.15) is 5.10 Å². The minimum atomic E-state index is -0.273. The molecule has 0 aromatic heterocycles. The maximum absolute atomic E-state index is 11.5. The van der Waals surface area contributed by atoms with Crippen LogP contribution in [-0.2, 0) is 4.79 Å². The van der Waals surface area contributed by atoms with Crippen molar-refractivity contribution in [3.8, 4) is 0 Å². The van der Waals surface area contributed by atoms with Gasteiger partial charge in [0, 0.05) is 5.69 Å². The Morgan fingerprint density at radius 1 is 1.21 bits per heavy atom. The van der Waals surface area contributed by atoms with Gasteiger partial charge in [0.25, 0.3) is 5.91 Å². The number of hydrazone groups is 1. The molecule has 102 valence electrons. The first-order chi connectivity index (χ1) is 9.02. The molecule has 1 amide bonds. The van der Waals surface area contributed by atoms with Crippen LogP contribution in [0.1, 0.15) is 19.4 Å². The maximum Gasteiger partial charge on any atom is 0.259 e. The number of amides is 1. The number of benzene rings is 1. The van der Waals surface area contributed by atoms with Crippen molar-refractivity contribution in [2.45, 2.75) is 20.8 Å². The quantitative estimate of drug-likeness (QED) is 0.429. The summed E-state index contributed by atoms with van der Waals surface area (Å²) >= 11 is 0. The fraction of sp³-hybridized carbons (Fsp3) is 0.308. The second-order valence-electron chi connectivity index (χ2n) is 4.14. The van der Waals surface area contributed by atoms with Crippen LogP contribution in [0.25, 0.3) is 0 Å². The van der Waals surface area contributed by atoms with Crippen molar-refractivity contribution in [1.82, 2.24) is 5.43 Å². The van der Waals surface area contributed by atoms with Crippen LogP contribution in [0, 0.1) is 6.92 Å². The lowest BCUT2D eigenvalue weighted by Crippen LogP contribution is -2.27. The van der Waals surface area contributed by atoms with E-state index in [2.05, 4.69) is 21.0 Å². The van der Waals surface area contributed by atoms with Crippen LogP contribution >= 0.6 is 0 Å². The van der Waals surface area contributed by atoms with E-state index in [-0.39, 0.29) is 12.5 Å². The Bertz CT molecular complexity index is 492. The fourth-order valence-corrected chi connectivity index (χ4v) is 1.19. The number of nitrogens with one attached hydrogen (secondary N) is 2. The number of rotatable bonds is 5. The predicted molar refractivity (Wildman–Crippen MR) is 75.8 cm³/mol. The highest BCUT2D eigenvalue weighted by atomic mass is 16.4. The number of nitrogens with zero attached hydrogens (tertiary/aromatic N) is 2. The van der Waals surface area contributed by atoms with E-state index >= 15 is 0 Å². The third kappa shape index (κ3) is 5.20. The number of aryl methyl sites for hydroxylation is 1. The summed E-state index contributed by atoms with van der Waals surface area (Å²) in [5, 5.41) is 18.3. The Morgan fingerprint density at radius 2 is 1.84 bits per heavy atom. The molecule has 6 nitrogen and oxygen atoms in total. The lowest BCUT2D eigenvalue weighted by Gasteiger charge is -2.06. The predicted octanol–water partition coefficient (Wildman–Crippen LogP) is 1.75. The van der Waals surface area contributed by atoms with Crippen LogP contribution in [0.5, 0.6) is 0 Å². The number of oxime groups is 1. The zero-order valence-electron chi connectivity index (χ0n) is 11.3. The molecule has 19 heavy (non-hydrogen) atoms. The van der Waals surface area contributed by atoms with Gasteiger partial charge in [-0.15, -0.1) is 0 Å². The molecule has 0 atom stereocenters. The standard InChI is InChI=1S/C13H18N4O2/c1-9-4-6-12(7-5-9)14-8-13(18)16-15-10(2)11(3)17-19/h4-7,14,19H,8H2,1-3H3,(H,16,18)/b15-10-,17-11+. The third-order valence-corrected chi connectivity index (χ3v) is 2.53. The molecule has 1 aromatic rings. The number of hydrogen-bond donors (Lipinski definition) is 3. The molecule has 3 N–H and O–H groups in total. The molecule has 0 spiro atoms. The largest absolute Gasteiger partial charge is 0.411 e. The molecule has 0 aliphatic heterocycles. The van der Waals surface area contributed by atoms with Gasteiger partial charge in [0.15, 0.2) is 0 Å². The molecular weight excluding hydrogens is 244 g/mol. The second kappa shape index (κ2) is 7.15. The van der Waals surface area contributed by atoms with E-state index in [0.29, 0.717) is 11.4 Å². The van der Waals surface area contributed by atoms with Crippen LogP contribution in [0.15, 0.2) is 34.5 Å². The van der Waals surface area contributed by atoms with Gasteiger partial charge in [-0.3, -0.25) is 4.79 Å². The Kier molecular flexibility index (Phi) is 5.53. The number of anilines is 1. The van der Waals surface area contributed by atoms with E-state index < -0.39 is 0 Å². The zero-order chi connectivity index (χ0) is 14.3. The molecule has 0 bridgehead atoms. The summed E-state index contributed by atoms with van der Waals surface area (Å²) in [6.45, 7) is 5.35. The van der Waals surface area contributed by atoms with Gasteiger partial charge in [0.05, 0.1) is 18.0 Å². The van der Waals surface area contributed by atoms with Crippen molar-refractivity contribution in [2.75, 3.05) is 11.9 Å². The smallest absolute Gasteiger partial charge is 0.259 e. The third-order valence-electron chi connectivity index (χ3n) is 2.53. The molecule has 0 radical (unpaired) electrons. The first kappa shape index (κ1) is 14.7. The molecule has 6 heteroatoms. The van der Waals surface area contributed by atoms with E-state index in [1.165, 1.54) is 0 Å². The first-order valence-electron chi connectivity index (χ1n) is 5.85. The molecule has 0 saturated heterocycles. The van der Waals surface area contributed by atoms with Crippen molar-refractivity contribution in [1.29, 1.82) is 0 Å². The van der Waals surface area contributed by atoms with Crippen molar-refractivity contribution < 1.29 is 10.0 Å². The second-order valence-corrected chi connectivity index (χ2v) is 4.14. The summed E-state index contributed by atoms with van der Waals surface area (Å²) in [6, 6.07) is 7.73. The Balaban J connectivity index is 2.42. The normalized spacial score (nSPS) is 12.2. The fourth-order valence-electron chi connectivity index (χ4n) is 1.19. The van der Waals surface area contributed by atoms with Gasteiger partial charge in [0.1, 0.15) is 0 Å². The molecule has 0 aliphatic rings. The van der Waals surface area contributed by atoms with Crippen LogP contribution in [0.3, 0.4) is 0 Å². The van der Waals surface area contributed by atoms with Crippen LogP contribution in [0.4, 0.5) is 5.69 Å². The van der Waals surface area contributed by atoms with Gasteiger partial charge in [-0.25, -0.2) is 5.43 Å². The summed E-state index contributed by atoms with van der Waals surface area (Å²) in [6.07, 6.45) is 0. The van der Waals surface area contributed by atoms with Crippen molar-refractivity contribution in [3.63, 3.8) is 0 Å². The summed E-state index contributed by atoms with van der Waals surface area (Å²) in [5.41, 5.74) is 5.21. The molecule has 0 fully saturated rings. The van der Waals surface area contributed by atoms with Crippen molar-refractivity contribution >= 4 is 23.0 Å². The lowest BCUT2D eigenvalue weighted by molar-refractivity contribution is -0.119. The maximum atomic E-state index is 11.5. The average Bonchev–Trinajstić information content (AvgIpc) is 2.43. The van der Waals surface area contributed by atoms with Crippen molar-refractivity contribution in [2.24, 2.45) is 10.3 Å². The Morgan fingerprint density at radius 3 is 2.42 bits per heavy atom. The number of hydrogen-bond acceptors (Lipinski definition) is 5. The topological polar surface area (TPSA) is 86.1 Å². The van der Waals surface area contributed by atoms with Crippen LogP contribution in [0.2, 0.25) is 0 Å². The molecule has 0 unspecified atom stereocenters. The molecule has 1 rings (SSSR count). The van der Waals surface area contributed by atoms with Gasteiger partial charge in [0.2, 0.25) is 0 Å². The molecule has 0 saturated carbocycles. The van der Waals surface area contributed by atoms with Gasteiger partial charge in [-0.05, 0) is 32.9 Å². The van der Waals surface area contributed by atoms with E-state index in [1.807, 2.05) is 31.2 Å². The molecule has 0 aliphatic carbocycles. The Hall–Kier alpha value is -2.37. The van der Waals surface area contributed by atoms with Gasteiger partial charge in [-0.1, -0.05) is 22.9 Å². The highest BCUT2D eigenvalue weighted by molar-refractivity contribution is 6.40. The molecule has 1 aromatic carbocycles. The minimum absolute atomic E-state index is 0.120. The summed E-state index contributed by atoms with van der Waals surface area (Å²) < 4.78 is 0. The lowest BCUT2D eigenvalue weighted by atomic mass is 10.2. The van der Waals surface area contributed by atoms with Crippen molar-refractivity contribution in [3.05, 3.63) is 29.8 Å². The Labute approximate surface area is 112 Å². The van der Waals surface area contributed by atoms with E-state index in [0.717, 1.165) is 11.3 Å². The van der Waals surface area contributed by atoms with Gasteiger partial charge >= 0.3 is 0 Å². The summed E-state index contributed by atoms with van der Waals surface area (Å²) in [7, 11) is 0. The molecule has 0 heterocycles. The highest BCUT2D eigenvalue weighted by Gasteiger charge is 2.01. The minimum Gasteiger partial charge on any atom is -0.411 e. The van der Waals surface area contributed by atoms with Crippen LogP contribution in [-0.4, -0.2) is 29.1 Å². The van der Waals surface area contributed by atoms with Gasteiger partial charge < -0.3 is 10.5 Å². The van der Waals surface area contributed by atoms with E-state index in [4.69, 9.17) is 5.21 Å². The summed E-state index contributed by atoms with van der Waals surface area (Å²) in [5.74, 6) is -0.273. The number of carbonyl (C=O) groups excluding carboxylic acids is 1. The average molecular weight is 262 g/mol. The number of carbonyl (C=O) groups is 1. The molecular formula is C13H18N4O2. The van der Waals surface area contributed by atoms with Crippen LogP contribution < -0.4 is 10.7 Å². The van der Waals surface area contributed by atoms with E-state index in [1.54, 1.807) is 13.8 Å². The highest BCUT2D eigenvalue weighted by Crippen LogP contribution is 2.07. The summed E-state index contributed by atoms with van der Waals surface area (Å²) in [4.78, 5) is 11.5.